The molecule has 1 aliphatic rings. The molecular formula is C20H23NO3. The maximum atomic E-state index is 12.4. The van der Waals surface area contributed by atoms with E-state index in [0.29, 0.717) is 19.6 Å². The van der Waals surface area contributed by atoms with E-state index in [1.54, 1.807) is 0 Å². The molecule has 0 aromatic heterocycles. The summed E-state index contributed by atoms with van der Waals surface area (Å²) < 4.78 is 11.1. The number of carbonyl (C=O) groups is 1. The Bertz CT molecular complexity index is 709. The first-order valence-electron chi connectivity index (χ1n) is 8.40. The van der Waals surface area contributed by atoms with Crippen LogP contribution in [0.15, 0.2) is 42.5 Å². The highest BCUT2D eigenvalue weighted by atomic mass is 16.6. The second-order valence-corrected chi connectivity index (χ2v) is 6.09. The quantitative estimate of drug-likeness (QED) is 0.914. The van der Waals surface area contributed by atoms with Crippen LogP contribution in [0, 0.1) is 6.92 Å². The monoisotopic (exact) mass is 325 g/mol. The predicted octanol–water partition coefficient (Wildman–Crippen LogP) is 3.58. The molecule has 24 heavy (non-hydrogen) atoms. The van der Waals surface area contributed by atoms with Crippen molar-refractivity contribution in [2.45, 2.75) is 32.7 Å². The lowest BCUT2D eigenvalue weighted by Gasteiger charge is -2.20. The van der Waals surface area contributed by atoms with E-state index in [1.165, 1.54) is 5.56 Å². The van der Waals surface area contributed by atoms with E-state index in [2.05, 4.69) is 43.4 Å². The fourth-order valence-corrected chi connectivity index (χ4v) is 2.85. The number of ether oxygens (including phenoxy) is 2. The lowest BCUT2D eigenvalue weighted by atomic mass is 10.0. The molecule has 3 rings (SSSR count). The third-order valence-corrected chi connectivity index (χ3v) is 4.19. The molecule has 1 aliphatic heterocycles. The van der Waals surface area contributed by atoms with Crippen LogP contribution in [-0.4, -0.2) is 19.1 Å². The summed E-state index contributed by atoms with van der Waals surface area (Å²) in [5.41, 5.74) is 3.28. The smallest absolute Gasteiger partial charge is 0.224 e. The molecule has 0 bridgehead atoms. The Balaban J connectivity index is 1.65. The van der Waals surface area contributed by atoms with E-state index in [-0.39, 0.29) is 11.9 Å². The number of nitrogens with one attached hydrogen (secondary N) is 1. The van der Waals surface area contributed by atoms with E-state index in [0.717, 1.165) is 29.0 Å². The minimum atomic E-state index is 0.0131. The fourth-order valence-electron chi connectivity index (χ4n) is 2.85. The number of carbonyl (C=O) groups excluding carboxylic acids is 1. The molecule has 4 nitrogen and oxygen atoms in total. The molecule has 1 unspecified atom stereocenters. The van der Waals surface area contributed by atoms with Gasteiger partial charge in [-0.25, -0.2) is 0 Å². The first-order valence-corrected chi connectivity index (χ1v) is 8.40. The molecule has 0 fully saturated rings. The molecule has 2 aromatic rings. The zero-order valence-electron chi connectivity index (χ0n) is 14.2. The molecule has 0 saturated carbocycles. The molecule has 0 aliphatic carbocycles. The van der Waals surface area contributed by atoms with Crippen LogP contribution in [-0.2, 0) is 11.2 Å². The zero-order chi connectivity index (χ0) is 16.9. The number of hydrogen-bond acceptors (Lipinski definition) is 3. The summed E-state index contributed by atoms with van der Waals surface area (Å²) in [5.74, 6) is 1.48. The van der Waals surface area contributed by atoms with Gasteiger partial charge in [0.2, 0.25) is 5.91 Å². The first kappa shape index (κ1) is 16.4. The van der Waals surface area contributed by atoms with Gasteiger partial charge >= 0.3 is 0 Å². The number of benzene rings is 2. The highest BCUT2D eigenvalue weighted by Crippen LogP contribution is 2.31. The number of hydrogen-bond donors (Lipinski definition) is 1. The van der Waals surface area contributed by atoms with E-state index in [4.69, 9.17) is 9.47 Å². The van der Waals surface area contributed by atoms with Crippen molar-refractivity contribution in [2.75, 3.05) is 13.2 Å². The number of amides is 1. The van der Waals surface area contributed by atoms with Crippen LogP contribution in [0.4, 0.5) is 0 Å². The molecule has 1 atom stereocenters. The van der Waals surface area contributed by atoms with Gasteiger partial charge in [0.25, 0.3) is 0 Å². The summed E-state index contributed by atoms with van der Waals surface area (Å²) in [4.78, 5) is 12.4. The van der Waals surface area contributed by atoms with Gasteiger partial charge in [-0.3, -0.25) is 4.79 Å². The van der Waals surface area contributed by atoms with Gasteiger partial charge < -0.3 is 14.8 Å². The van der Waals surface area contributed by atoms with Crippen LogP contribution in [0.3, 0.4) is 0 Å². The van der Waals surface area contributed by atoms with E-state index in [9.17, 15) is 4.79 Å². The van der Waals surface area contributed by atoms with Gasteiger partial charge in [0.1, 0.15) is 13.2 Å². The molecule has 0 spiro atoms. The Morgan fingerprint density at radius 2 is 1.79 bits per heavy atom. The van der Waals surface area contributed by atoms with E-state index < -0.39 is 0 Å². The van der Waals surface area contributed by atoms with Crippen molar-refractivity contribution in [3.8, 4) is 11.5 Å². The van der Waals surface area contributed by atoms with Crippen LogP contribution in [0.25, 0.3) is 0 Å². The largest absolute Gasteiger partial charge is 0.486 e. The summed E-state index contributed by atoms with van der Waals surface area (Å²) in [6.07, 6.45) is 1.19. The van der Waals surface area contributed by atoms with Gasteiger partial charge in [0, 0.05) is 0 Å². The molecule has 1 heterocycles. The average molecular weight is 325 g/mol. The van der Waals surface area contributed by atoms with Crippen molar-refractivity contribution >= 4 is 5.91 Å². The van der Waals surface area contributed by atoms with Crippen molar-refractivity contribution in [3.05, 3.63) is 59.2 Å². The molecule has 1 N–H and O–H groups in total. The number of fused-ring (bicyclic) bond motifs is 1. The zero-order valence-corrected chi connectivity index (χ0v) is 14.2. The van der Waals surface area contributed by atoms with Gasteiger partial charge in [-0.05, 0) is 36.6 Å². The summed E-state index contributed by atoms with van der Waals surface area (Å²) in [7, 11) is 0. The maximum absolute atomic E-state index is 12.4. The van der Waals surface area contributed by atoms with Gasteiger partial charge in [-0.2, -0.15) is 0 Å². The van der Waals surface area contributed by atoms with Crippen molar-refractivity contribution in [1.82, 2.24) is 5.32 Å². The summed E-state index contributed by atoms with van der Waals surface area (Å²) >= 11 is 0. The van der Waals surface area contributed by atoms with Crippen LogP contribution in [0.5, 0.6) is 11.5 Å². The van der Waals surface area contributed by atoms with Crippen molar-refractivity contribution < 1.29 is 14.3 Å². The molecule has 1 amide bonds. The minimum Gasteiger partial charge on any atom is -0.486 e. The van der Waals surface area contributed by atoms with Gasteiger partial charge in [-0.15, -0.1) is 0 Å². The Hall–Kier alpha value is -2.49. The van der Waals surface area contributed by atoms with Crippen LogP contribution < -0.4 is 14.8 Å². The van der Waals surface area contributed by atoms with Crippen molar-refractivity contribution in [2.24, 2.45) is 0 Å². The van der Waals surface area contributed by atoms with Crippen LogP contribution >= 0.6 is 0 Å². The SMILES string of the molecule is CCC(NC(=O)Cc1ccc2c(c1)OCCO2)c1ccc(C)cc1. The Morgan fingerprint density at radius 1 is 1.08 bits per heavy atom. The lowest BCUT2D eigenvalue weighted by molar-refractivity contribution is -0.121. The van der Waals surface area contributed by atoms with E-state index >= 15 is 0 Å². The second-order valence-electron chi connectivity index (χ2n) is 6.09. The second kappa shape index (κ2) is 7.39. The summed E-state index contributed by atoms with van der Waals surface area (Å²) in [5, 5.41) is 3.12. The number of aryl methyl sites for hydroxylation is 1. The lowest BCUT2D eigenvalue weighted by Crippen LogP contribution is -2.29. The molecular weight excluding hydrogens is 302 g/mol. The van der Waals surface area contributed by atoms with Gasteiger partial charge in [-0.1, -0.05) is 42.8 Å². The Labute approximate surface area is 142 Å². The fraction of sp³-hybridized carbons (Fsp3) is 0.350. The van der Waals surface area contributed by atoms with Crippen LogP contribution in [0.2, 0.25) is 0 Å². The first-order chi connectivity index (χ1) is 11.7. The molecule has 0 saturated heterocycles. The van der Waals surface area contributed by atoms with Gasteiger partial charge in [0.15, 0.2) is 11.5 Å². The summed E-state index contributed by atoms with van der Waals surface area (Å²) in [6, 6.07) is 14.0. The maximum Gasteiger partial charge on any atom is 0.224 e. The Morgan fingerprint density at radius 3 is 2.50 bits per heavy atom. The molecule has 126 valence electrons. The molecule has 4 heteroatoms. The van der Waals surface area contributed by atoms with Crippen molar-refractivity contribution in [3.63, 3.8) is 0 Å². The highest BCUT2D eigenvalue weighted by molar-refractivity contribution is 5.79. The molecule has 2 aromatic carbocycles. The summed E-state index contributed by atoms with van der Waals surface area (Å²) in [6.45, 7) is 5.26. The topological polar surface area (TPSA) is 47.6 Å². The number of rotatable bonds is 5. The van der Waals surface area contributed by atoms with Crippen molar-refractivity contribution in [1.29, 1.82) is 0 Å². The van der Waals surface area contributed by atoms with E-state index in [1.807, 2.05) is 18.2 Å². The third-order valence-electron chi connectivity index (χ3n) is 4.19. The normalized spacial score (nSPS) is 14.1. The minimum absolute atomic E-state index is 0.0131. The Kier molecular flexibility index (Phi) is 5.04. The average Bonchev–Trinajstić information content (AvgIpc) is 2.60. The van der Waals surface area contributed by atoms with Gasteiger partial charge in [0.05, 0.1) is 12.5 Å². The van der Waals surface area contributed by atoms with Crippen LogP contribution in [0.1, 0.15) is 36.1 Å². The predicted molar refractivity (Wildman–Crippen MR) is 93.5 cm³/mol. The third kappa shape index (κ3) is 3.88. The highest BCUT2D eigenvalue weighted by Gasteiger charge is 2.15. The standard InChI is InChI=1S/C20H23NO3/c1-3-17(16-7-4-14(2)5-8-16)21-20(22)13-15-6-9-18-19(12-15)24-11-10-23-18/h4-9,12,17H,3,10-11,13H2,1-2H3,(H,21,22). The molecule has 0 radical (unpaired) electrons.